The first kappa shape index (κ1) is 24.1. The first-order valence-electron chi connectivity index (χ1n) is 9.93. The molecule has 1 aromatic rings. The van der Waals surface area contributed by atoms with Crippen LogP contribution in [0.1, 0.15) is 11.1 Å². The van der Waals surface area contributed by atoms with Gasteiger partial charge in [-0.15, -0.1) is 0 Å². The molecular weight excluding hydrogens is 416 g/mol. The molecule has 2 fully saturated rings. The number of rotatable bonds is 7. The summed E-state index contributed by atoms with van der Waals surface area (Å²) in [4.78, 5) is 0. The molecule has 3 rings (SSSR count). The van der Waals surface area contributed by atoms with E-state index in [1.165, 1.54) is 0 Å². The average Bonchev–Trinajstić information content (AvgIpc) is 3.03. The Balaban J connectivity index is 1.67. The molecule has 176 valence electrons. The molecule has 2 aliphatic rings. The summed E-state index contributed by atoms with van der Waals surface area (Å²) in [5.74, 6) is 1.06. The zero-order chi connectivity index (χ0) is 22.9. The molecule has 0 bridgehead atoms. The van der Waals surface area contributed by atoms with Crippen molar-refractivity contribution in [3.63, 3.8) is 0 Å². The summed E-state index contributed by atoms with van der Waals surface area (Å²) in [5, 5.41) is 59.7. The lowest BCUT2D eigenvalue weighted by atomic mass is 9.99. The van der Waals surface area contributed by atoms with Crippen molar-refractivity contribution in [1.29, 1.82) is 0 Å². The quantitative estimate of drug-likeness (QED) is 0.273. The number of hydrogen-bond acceptors (Lipinski definition) is 11. The van der Waals surface area contributed by atoms with E-state index in [2.05, 4.69) is 0 Å². The Morgan fingerprint density at radius 2 is 1.32 bits per heavy atom. The molecule has 0 amide bonds. The average molecular weight is 446 g/mol. The maximum absolute atomic E-state index is 10.3. The molecule has 0 aromatic heterocycles. The van der Waals surface area contributed by atoms with E-state index in [1.54, 1.807) is 26.2 Å². The first-order chi connectivity index (χ1) is 14.7. The Morgan fingerprint density at radius 1 is 0.774 bits per heavy atom. The minimum absolute atomic E-state index is 0.349. The molecular formula is C20H30O11. The van der Waals surface area contributed by atoms with Crippen molar-refractivity contribution in [3.05, 3.63) is 23.3 Å². The normalized spacial score (nSPS) is 38.3. The second-order valence-corrected chi connectivity index (χ2v) is 7.76. The number of aliphatic hydroxyl groups is 6. The van der Waals surface area contributed by atoms with E-state index < -0.39 is 61.9 Å². The monoisotopic (exact) mass is 446 g/mol. The molecule has 2 aliphatic heterocycles. The Morgan fingerprint density at radius 3 is 1.94 bits per heavy atom. The SMILES string of the molecule is COc1cc(C)c(O[C@@H]2O[C@H](CO[C@@H]3O[C@@H](CO)[C@H](O)[C@H]3O)[C@@H](O)[C@H](O)[C@H]2O)cc1C. The van der Waals surface area contributed by atoms with Crippen molar-refractivity contribution >= 4 is 0 Å². The number of hydrogen-bond donors (Lipinski definition) is 6. The summed E-state index contributed by atoms with van der Waals surface area (Å²) in [6, 6.07) is 3.46. The molecule has 2 heterocycles. The molecule has 6 N–H and O–H groups in total. The fourth-order valence-electron chi connectivity index (χ4n) is 3.58. The van der Waals surface area contributed by atoms with Crippen LogP contribution in [0, 0.1) is 13.8 Å². The predicted molar refractivity (Wildman–Crippen MR) is 103 cm³/mol. The van der Waals surface area contributed by atoms with Gasteiger partial charge in [0, 0.05) is 0 Å². The smallest absolute Gasteiger partial charge is 0.229 e. The highest BCUT2D eigenvalue weighted by Gasteiger charge is 2.47. The maximum Gasteiger partial charge on any atom is 0.229 e. The third kappa shape index (κ3) is 4.95. The van der Waals surface area contributed by atoms with Crippen LogP contribution >= 0.6 is 0 Å². The molecule has 0 unspecified atom stereocenters. The summed E-state index contributed by atoms with van der Waals surface area (Å²) in [6.45, 7) is 2.74. The maximum atomic E-state index is 10.3. The van der Waals surface area contributed by atoms with E-state index in [9.17, 15) is 25.5 Å². The van der Waals surface area contributed by atoms with E-state index in [0.29, 0.717) is 17.1 Å². The van der Waals surface area contributed by atoms with Crippen molar-refractivity contribution < 1.29 is 54.3 Å². The predicted octanol–water partition coefficient (Wildman–Crippen LogP) is -2.05. The number of benzene rings is 1. The van der Waals surface area contributed by atoms with Crippen LogP contribution in [0.3, 0.4) is 0 Å². The lowest BCUT2D eigenvalue weighted by Gasteiger charge is -2.40. The lowest BCUT2D eigenvalue weighted by Crippen LogP contribution is -2.60. The largest absolute Gasteiger partial charge is 0.496 e. The summed E-state index contributed by atoms with van der Waals surface area (Å²) >= 11 is 0. The molecule has 11 nitrogen and oxygen atoms in total. The highest BCUT2D eigenvalue weighted by atomic mass is 16.7. The standard InChI is InChI=1S/C20H30O11/c1-8-5-11(9(2)4-10(8)27-3)29-20-18(26)16(24)15(23)13(31-20)7-28-19-17(25)14(22)12(6-21)30-19/h4-5,12-26H,6-7H2,1-3H3/t12-,13+,14-,15+,16-,17+,18+,19+,20+/m0/s1. The molecule has 0 saturated carbocycles. The van der Waals surface area contributed by atoms with E-state index in [-0.39, 0.29) is 6.61 Å². The van der Waals surface area contributed by atoms with Gasteiger partial charge in [-0.2, -0.15) is 0 Å². The van der Waals surface area contributed by atoms with Gasteiger partial charge in [0.25, 0.3) is 0 Å². The minimum atomic E-state index is -1.59. The van der Waals surface area contributed by atoms with Crippen molar-refractivity contribution in [1.82, 2.24) is 0 Å². The zero-order valence-electron chi connectivity index (χ0n) is 17.5. The molecule has 31 heavy (non-hydrogen) atoms. The first-order valence-corrected chi connectivity index (χ1v) is 9.93. The summed E-state index contributed by atoms with van der Waals surface area (Å²) in [5.41, 5.74) is 1.50. The van der Waals surface area contributed by atoms with Crippen LogP contribution in [-0.2, 0) is 14.2 Å². The Bertz CT molecular complexity index is 744. The van der Waals surface area contributed by atoms with Crippen LogP contribution in [0.15, 0.2) is 12.1 Å². The zero-order valence-corrected chi connectivity index (χ0v) is 17.5. The molecule has 0 spiro atoms. The summed E-state index contributed by atoms with van der Waals surface area (Å²) in [6.07, 6.45) is -12.1. The van der Waals surface area contributed by atoms with E-state index in [1.807, 2.05) is 6.92 Å². The highest BCUT2D eigenvalue weighted by Crippen LogP contribution is 2.31. The third-order valence-electron chi connectivity index (χ3n) is 5.53. The second kappa shape index (κ2) is 9.94. The van der Waals surface area contributed by atoms with Crippen LogP contribution in [0.4, 0.5) is 0 Å². The van der Waals surface area contributed by atoms with Crippen molar-refractivity contribution in [2.24, 2.45) is 0 Å². The van der Waals surface area contributed by atoms with Crippen LogP contribution in [-0.4, -0.2) is 106 Å². The molecule has 0 radical (unpaired) electrons. The molecule has 9 atom stereocenters. The Kier molecular flexibility index (Phi) is 7.73. The highest BCUT2D eigenvalue weighted by molar-refractivity contribution is 5.45. The van der Waals surface area contributed by atoms with Crippen molar-refractivity contribution in [2.75, 3.05) is 20.3 Å². The van der Waals surface area contributed by atoms with Gasteiger partial charge in [0.15, 0.2) is 6.29 Å². The summed E-state index contributed by atoms with van der Waals surface area (Å²) in [7, 11) is 1.55. The molecule has 0 aliphatic carbocycles. The van der Waals surface area contributed by atoms with Gasteiger partial charge in [0.2, 0.25) is 6.29 Å². The van der Waals surface area contributed by atoms with Gasteiger partial charge in [-0.05, 0) is 37.1 Å². The van der Waals surface area contributed by atoms with E-state index in [0.717, 1.165) is 5.56 Å². The third-order valence-corrected chi connectivity index (χ3v) is 5.53. The van der Waals surface area contributed by atoms with Gasteiger partial charge in [0.05, 0.1) is 20.3 Å². The molecule has 11 heteroatoms. The van der Waals surface area contributed by atoms with Crippen LogP contribution < -0.4 is 9.47 Å². The van der Waals surface area contributed by atoms with Gasteiger partial charge in [-0.3, -0.25) is 0 Å². The van der Waals surface area contributed by atoms with Gasteiger partial charge in [0.1, 0.15) is 54.2 Å². The number of methoxy groups -OCH3 is 1. The van der Waals surface area contributed by atoms with Crippen molar-refractivity contribution in [2.45, 2.75) is 69.2 Å². The van der Waals surface area contributed by atoms with Crippen molar-refractivity contribution in [3.8, 4) is 11.5 Å². The fraction of sp³-hybridized carbons (Fsp3) is 0.700. The van der Waals surface area contributed by atoms with Crippen LogP contribution in [0.25, 0.3) is 0 Å². The minimum Gasteiger partial charge on any atom is -0.496 e. The second-order valence-electron chi connectivity index (χ2n) is 7.76. The Hall–Kier alpha value is -1.54. The van der Waals surface area contributed by atoms with E-state index in [4.69, 9.17) is 28.8 Å². The molecule has 1 aromatic carbocycles. The van der Waals surface area contributed by atoms with Gasteiger partial charge >= 0.3 is 0 Å². The van der Waals surface area contributed by atoms with Gasteiger partial charge in [-0.25, -0.2) is 0 Å². The topological polar surface area (TPSA) is 168 Å². The van der Waals surface area contributed by atoms with Gasteiger partial charge < -0.3 is 54.3 Å². The number of ether oxygens (including phenoxy) is 5. The number of aryl methyl sites for hydroxylation is 2. The lowest BCUT2D eigenvalue weighted by molar-refractivity contribution is -0.290. The van der Waals surface area contributed by atoms with Crippen LogP contribution in [0.5, 0.6) is 11.5 Å². The van der Waals surface area contributed by atoms with Crippen LogP contribution in [0.2, 0.25) is 0 Å². The van der Waals surface area contributed by atoms with E-state index >= 15 is 0 Å². The molecule has 2 saturated heterocycles. The fourth-order valence-corrected chi connectivity index (χ4v) is 3.58. The number of aliphatic hydroxyl groups excluding tert-OH is 6. The summed E-state index contributed by atoms with van der Waals surface area (Å²) < 4.78 is 27.3. The Labute approximate surface area is 179 Å². The van der Waals surface area contributed by atoms with Gasteiger partial charge in [-0.1, -0.05) is 0 Å².